The number of thiocarbonyl (C=S) groups is 2. The highest BCUT2D eigenvalue weighted by molar-refractivity contribution is 7.81. The number of hydrogen-bond acceptors (Lipinski definition) is 9. The minimum atomic E-state index is -0.829. The molecule has 0 aromatic heterocycles. The Morgan fingerprint density at radius 1 is 0.567 bits per heavy atom. The molecule has 0 fully saturated rings. The largest absolute Gasteiger partial charge is 0.467 e. The van der Waals surface area contributed by atoms with Crippen molar-refractivity contribution >= 4 is 127 Å². The van der Waals surface area contributed by atoms with Gasteiger partial charge in [-0.15, -0.1) is 0 Å². The van der Waals surface area contributed by atoms with Crippen LogP contribution in [0.25, 0.3) is 0 Å². The number of anilines is 2. The molecule has 67 heavy (non-hydrogen) atoms. The maximum absolute atomic E-state index is 14.0. The summed E-state index contributed by atoms with van der Waals surface area (Å²) in [5.74, 6) is -2.39. The molecule has 0 saturated heterocycles. The molecule has 19 heteroatoms. The smallest absolute Gasteiger partial charge is 0.328 e. The highest BCUT2D eigenvalue weighted by Crippen LogP contribution is 2.27. The second-order valence-corrected chi connectivity index (χ2v) is 16.6. The Balaban J connectivity index is 0.000000248. The fourth-order valence-corrected chi connectivity index (χ4v) is 7.93. The average Bonchev–Trinajstić information content (AvgIpc) is 3.29. The predicted molar refractivity (Wildman–Crippen MR) is 270 cm³/mol. The number of hydrogen-bond donors (Lipinski definition) is 4. The zero-order chi connectivity index (χ0) is 49.2. The molecular weight excluding hydrogens is 1010 g/mol. The van der Waals surface area contributed by atoms with Gasteiger partial charge in [0.1, 0.15) is 33.7 Å². The van der Waals surface area contributed by atoms with Crippen LogP contribution in [0.3, 0.4) is 0 Å². The van der Waals surface area contributed by atoms with Crippen molar-refractivity contribution in [3.63, 3.8) is 0 Å². The van der Waals surface area contributed by atoms with Crippen LogP contribution in [0.5, 0.6) is 0 Å². The molecule has 348 valence electrons. The van der Waals surface area contributed by atoms with E-state index < -0.39 is 46.8 Å². The quantitative estimate of drug-likeness (QED) is 0.0379. The van der Waals surface area contributed by atoms with Crippen LogP contribution in [0.4, 0.5) is 20.2 Å². The number of ether oxygens (including phenoxy) is 2. The Kier molecular flexibility index (Phi) is 21.4. The van der Waals surface area contributed by atoms with E-state index >= 15 is 0 Å². The molecule has 5 N–H and O–H groups in total. The zero-order valence-electron chi connectivity index (χ0n) is 35.3. The third-order valence-electron chi connectivity index (χ3n) is 9.24. The first-order valence-electron chi connectivity index (χ1n) is 19.5. The van der Waals surface area contributed by atoms with E-state index in [-0.39, 0.29) is 58.7 Å². The minimum absolute atomic E-state index is 0.101. The van der Waals surface area contributed by atoms with Crippen LogP contribution in [0.2, 0.25) is 20.1 Å². The number of methoxy groups -OCH3 is 2. The Morgan fingerprint density at radius 3 is 1.30 bits per heavy atom. The first-order chi connectivity index (χ1) is 31.9. The SMILES string of the molecule is COC(=O)C(Cc1ccc(N)cc1)NC(=S)c1ccccc1F.COC(=O)C(Cc1ccc(NC(=O)c2c(Cl)cccc2Cl)cc1)NC(=S)c1ccccc1F.O=C(Cl)c1c(Cl)cccc1Cl. The molecule has 10 nitrogen and oxygen atoms in total. The van der Waals surface area contributed by atoms with Gasteiger partial charge in [-0.2, -0.15) is 0 Å². The van der Waals surface area contributed by atoms with E-state index in [0.29, 0.717) is 17.8 Å². The van der Waals surface area contributed by atoms with Crippen molar-refractivity contribution in [3.05, 3.63) is 199 Å². The second-order valence-electron chi connectivity index (χ2n) is 13.8. The van der Waals surface area contributed by atoms with E-state index in [1.165, 1.54) is 32.4 Å². The van der Waals surface area contributed by atoms with Gasteiger partial charge in [0.2, 0.25) is 0 Å². The summed E-state index contributed by atoms with van der Waals surface area (Å²) in [4.78, 5) is 47.7. The van der Waals surface area contributed by atoms with Gasteiger partial charge in [0, 0.05) is 35.3 Å². The predicted octanol–water partition coefficient (Wildman–Crippen LogP) is 11.3. The lowest BCUT2D eigenvalue weighted by Gasteiger charge is -2.19. The van der Waals surface area contributed by atoms with Gasteiger partial charge in [-0.3, -0.25) is 9.59 Å². The van der Waals surface area contributed by atoms with Gasteiger partial charge in [-0.05, 0) is 95.5 Å². The molecule has 6 rings (SSSR count). The summed E-state index contributed by atoms with van der Waals surface area (Å²) in [6.45, 7) is 0. The van der Waals surface area contributed by atoms with Gasteiger partial charge >= 0.3 is 11.9 Å². The van der Waals surface area contributed by atoms with Crippen LogP contribution in [0.1, 0.15) is 43.0 Å². The van der Waals surface area contributed by atoms with Crippen LogP contribution in [-0.2, 0) is 31.9 Å². The fourth-order valence-electron chi connectivity index (χ4n) is 5.88. The highest BCUT2D eigenvalue weighted by atomic mass is 35.5. The van der Waals surface area contributed by atoms with Crippen LogP contribution in [0, 0.1) is 11.6 Å². The lowest BCUT2D eigenvalue weighted by Crippen LogP contribution is -2.42. The molecule has 0 aliphatic heterocycles. The van der Waals surface area contributed by atoms with E-state index in [2.05, 4.69) is 16.0 Å². The number of carbonyl (C=O) groups is 4. The van der Waals surface area contributed by atoms with Crippen molar-refractivity contribution in [2.75, 3.05) is 25.3 Å². The van der Waals surface area contributed by atoms with Gasteiger partial charge < -0.3 is 31.2 Å². The maximum Gasteiger partial charge on any atom is 0.328 e. The van der Waals surface area contributed by atoms with E-state index in [9.17, 15) is 28.0 Å². The molecular formula is C48H39Cl5F2N4O6S2. The van der Waals surface area contributed by atoms with Crippen molar-refractivity contribution < 1.29 is 37.4 Å². The number of halogens is 7. The zero-order valence-corrected chi connectivity index (χ0v) is 40.7. The number of nitrogens with one attached hydrogen (secondary N) is 3. The molecule has 2 unspecified atom stereocenters. The topological polar surface area (TPSA) is 149 Å². The summed E-state index contributed by atoms with van der Waals surface area (Å²) in [5, 5.41) is 8.88. The lowest BCUT2D eigenvalue weighted by atomic mass is 10.0. The minimum Gasteiger partial charge on any atom is -0.467 e. The van der Waals surface area contributed by atoms with Crippen LogP contribution < -0.4 is 21.7 Å². The van der Waals surface area contributed by atoms with Crippen LogP contribution >= 0.6 is 82.4 Å². The molecule has 0 heterocycles. The molecule has 0 radical (unpaired) electrons. The van der Waals surface area contributed by atoms with Crippen LogP contribution in [-0.4, -0.2) is 59.4 Å². The lowest BCUT2D eigenvalue weighted by molar-refractivity contribution is -0.143. The molecule has 0 aliphatic rings. The number of esters is 2. The van der Waals surface area contributed by atoms with Crippen molar-refractivity contribution in [1.82, 2.24) is 10.6 Å². The van der Waals surface area contributed by atoms with Crippen molar-refractivity contribution in [2.45, 2.75) is 24.9 Å². The summed E-state index contributed by atoms with van der Waals surface area (Å²) in [6.07, 6.45) is 0.577. The Labute approximate surface area is 421 Å². The van der Waals surface area contributed by atoms with E-state index in [1.807, 2.05) is 12.1 Å². The first-order valence-corrected chi connectivity index (χ1v) is 22.2. The molecule has 6 aromatic carbocycles. The third-order valence-corrected chi connectivity index (χ3v) is 11.4. The Morgan fingerprint density at radius 2 is 0.940 bits per heavy atom. The Hall–Kier alpha value is -5.71. The molecule has 2 atom stereocenters. The number of amides is 1. The van der Waals surface area contributed by atoms with Crippen molar-refractivity contribution in [2.24, 2.45) is 0 Å². The van der Waals surface area contributed by atoms with Gasteiger partial charge in [-0.25, -0.2) is 18.4 Å². The monoisotopic (exact) mass is 1040 g/mol. The summed E-state index contributed by atoms with van der Waals surface area (Å²) in [5.41, 5.74) is 9.24. The van der Waals surface area contributed by atoms with E-state index in [1.54, 1.807) is 103 Å². The first kappa shape index (κ1) is 53.9. The highest BCUT2D eigenvalue weighted by Gasteiger charge is 2.24. The van der Waals surface area contributed by atoms with Gasteiger partial charge in [0.15, 0.2) is 0 Å². The van der Waals surface area contributed by atoms with Gasteiger partial charge in [-0.1, -0.05) is 132 Å². The number of benzene rings is 6. The summed E-state index contributed by atoms with van der Waals surface area (Å²) in [7, 11) is 2.56. The van der Waals surface area contributed by atoms with Crippen LogP contribution in [0.15, 0.2) is 133 Å². The van der Waals surface area contributed by atoms with Crippen molar-refractivity contribution in [3.8, 4) is 0 Å². The second kappa shape index (κ2) is 26.6. The molecule has 0 bridgehead atoms. The molecule has 0 saturated carbocycles. The molecule has 6 aromatic rings. The number of nitrogen functional groups attached to an aromatic ring is 1. The number of nitrogens with two attached hydrogens (primary N) is 1. The summed E-state index contributed by atoms with van der Waals surface area (Å²) >= 11 is 39.1. The summed E-state index contributed by atoms with van der Waals surface area (Å²) < 4.78 is 37.5. The van der Waals surface area contributed by atoms with Gasteiger partial charge in [0.25, 0.3) is 11.1 Å². The maximum atomic E-state index is 14.0. The standard InChI is InChI=1S/C24H19Cl2FN2O3S.C17H17FN2O2S.C7H3Cl3O/c1-32-24(31)20(29-23(33)16-5-2-3-8-19(16)27)13-14-9-11-15(12-10-14)28-22(30)21-17(25)6-4-7-18(21)26;1-22-17(21)15(10-11-6-8-12(19)9-7-11)20-16(23)13-4-2-3-5-14(13)18;8-4-2-1-3-5(9)6(4)7(10)11/h2-12,20H,13H2,1H3,(H,28,30)(H,29,33);2-9,15H,10,19H2,1H3,(H,20,23);1-3H. The third kappa shape index (κ3) is 16.2. The number of rotatable bonds is 13. The van der Waals surface area contributed by atoms with Crippen molar-refractivity contribution in [1.29, 1.82) is 0 Å². The molecule has 1 amide bonds. The normalized spacial score (nSPS) is 11.2. The van der Waals surface area contributed by atoms with Gasteiger partial charge in [0.05, 0.1) is 45.4 Å². The Bertz CT molecular complexity index is 2700. The molecule has 0 spiro atoms. The number of carbonyl (C=O) groups excluding carboxylic acids is 4. The van der Waals surface area contributed by atoms with E-state index in [0.717, 1.165) is 11.1 Å². The fraction of sp³-hybridized carbons (Fsp3) is 0.125. The van der Waals surface area contributed by atoms with E-state index in [4.69, 9.17) is 97.6 Å². The summed E-state index contributed by atoms with van der Waals surface area (Å²) in [6, 6.07) is 34.2. The average molecular weight is 1050 g/mol. The molecule has 0 aliphatic carbocycles.